The van der Waals surface area contributed by atoms with Gasteiger partial charge >= 0.3 is 0 Å². The maximum absolute atomic E-state index is 14.7. The van der Waals surface area contributed by atoms with Crippen molar-refractivity contribution in [3.63, 3.8) is 0 Å². The van der Waals surface area contributed by atoms with E-state index in [4.69, 9.17) is 9.47 Å². The first kappa shape index (κ1) is 25.9. The summed E-state index contributed by atoms with van der Waals surface area (Å²) in [6.45, 7) is 4.99. The zero-order valence-corrected chi connectivity index (χ0v) is 20.9. The average Bonchev–Trinajstić information content (AvgIpc) is 2.87. The summed E-state index contributed by atoms with van der Waals surface area (Å²) < 4.78 is 39.7. The summed E-state index contributed by atoms with van der Waals surface area (Å²) in [7, 11) is 1.73. The summed E-state index contributed by atoms with van der Waals surface area (Å²) in [4.78, 5) is 8.25. The molecule has 2 aromatic heterocycles. The molecule has 2 aliphatic rings. The Bertz CT molecular complexity index is 947. The summed E-state index contributed by atoms with van der Waals surface area (Å²) in [6.07, 6.45) is 9.87. The van der Waals surface area contributed by atoms with Gasteiger partial charge in [-0.15, -0.1) is 0 Å². The third-order valence-electron chi connectivity index (χ3n) is 7.27. The molecule has 2 fully saturated rings. The molecule has 2 aromatic rings. The summed E-state index contributed by atoms with van der Waals surface area (Å²) in [6, 6.07) is 4.33. The van der Waals surface area contributed by atoms with Gasteiger partial charge in [0.1, 0.15) is 5.82 Å². The topological polar surface area (TPSA) is 68.3 Å². The van der Waals surface area contributed by atoms with Crippen molar-refractivity contribution < 1.29 is 18.3 Å². The predicted octanol–water partition coefficient (Wildman–Crippen LogP) is 4.99. The minimum Gasteiger partial charge on any atom is -0.383 e. The number of methoxy groups -OCH3 is 1. The fourth-order valence-corrected chi connectivity index (χ4v) is 5.27. The van der Waals surface area contributed by atoms with Gasteiger partial charge in [0, 0.05) is 62.0 Å². The number of pyridine rings is 2. The minimum absolute atomic E-state index is 0.306. The van der Waals surface area contributed by atoms with Crippen LogP contribution in [0.5, 0.6) is 0 Å². The number of hydrogen-bond donors (Lipinski definition) is 2. The third-order valence-corrected chi connectivity index (χ3v) is 7.27. The summed E-state index contributed by atoms with van der Waals surface area (Å²) >= 11 is 0. The molecule has 0 unspecified atom stereocenters. The van der Waals surface area contributed by atoms with Gasteiger partial charge in [-0.05, 0) is 75.8 Å². The molecule has 4 rings (SSSR count). The number of ether oxygens (including phenoxy) is 2. The molecule has 8 heteroatoms. The van der Waals surface area contributed by atoms with Crippen molar-refractivity contribution in [1.82, 2.24) is 15.3 Å². The molecule has 1 saturated heterocycles. The number of halogens is 2. The fourth-order valence-electron chi connectivity index (χ4n) is 5.27. The van der Waals surface area contributed by atoms with Crippen LogP contribution in [0.3, 0.4) is 0 Å². The maximum Gasteiger partial charge on any atom is 0.236 e. The smallest absolute Gasteiger partial charge is 0.236 e. The molecule has 0 bridgehead atoms. The summed E-state index contributed by atoms with van der Waals surface area (Å²) in [5.41, 5.74) is 2.15. The van der Waals surface area contributed by atoms with Crippen molar-refractivity contribution in [3.05, 3.63) is 42.0 Å². The van der Waals surface area contributed by atoms with Crippen LogP contribution in [0.25, 0.3) is 11.1 Å². The molecule has 0 aromatic carbocycles. The first-order chi connectivity index (χ1) is 17.0. The molecule has 0 spiro atoms. The standard InChI is InChI=1S/C27H38F2N4O2/c1-18(17-34-2)33-22-5-3-19(4-6-22)11-23-13-24(25(28)16-30-23)21-12-26(27(29)32-15-21)31-14-20-7-9-35-10-8-20/h12-13,15-16,18-20,22,31,33H,3-11,14,17H2,1-2H3/t18-,19?,22?/m0/s1. The van der Waals surface area contributed by atoms with E-state index in [-0.39, 0.29) is 0 Å². The molecule has 0 amide bonds. The van der Waals surface area contributed by atoms with E-state index in [0.717, 1.165) is 63.9 Å². The van der Waals surface area contributed by atoms with E-state index in [1.54, 1.807) is 19.2 Å². The molecular formula is C27H38F2N4O2. The quantitative estimate of drug-likeness (QED) is 0.460. The Morgan fingerprint density at radius 3 is 2.54 bits per heavy atom. The van der Waals surface area contributed by atoms with Crippen molar-refractivity contribution in [2.75, 3.05) is 38.8 Å². The highest BCUT2D eigenvalue weighted by molar-refractivity contribution is 5.67. The molecule has 1 saturated carbocycles. The lowest BCUT2D eigenvalue weighted by Crippen LogP contribution is -2.41. The second kappa shape index (κ2) is 12.7. The van der Waals surface area contributed by atoms with Gasteiger partial charge in [0.15, 0.2) is 0 Å². The number of nitrogens with zero attached hydrogens (tertiary/aromatic N) is 2. The molecule has 1 aliphatic heterocycles. The molecule has 35 heavy (non-hydrogen) atoms. The average molecular weight is 489 g/mol. The predicted molar refractivity (Wildman–Crippen MR) is 133 cm³/mol. The van der Waals surface area contributed by atoms with Crippen LogP contribution >= 0.6 is 0 Å². The first-order valence-electron chi connectivity index (χ1n) is 12.9. The zero-order valence-electron chi connectivity index (χ0n) is 20.9. The van der Waals surface area contributed by atoms with Gasteiger partial charge < -0.3 is 20.1 Å². The van der Waals surface area contributed by atoms with E-state index in [0.29, 0.717) is 53.9 Å². The SMILES string of the molecule is COC[C@H](C)NC1CCC(Cc2cc(-c3cnc(F)c(NCC4CCOCC4)c3)c(F)cn2)CC1. The minimum atomic E-state index is -0.569. The molecule has 3 heterocycles. The van der Waals surface area contributed by atoms with Crippen LogP contribution in [-0.2, 0) is 15.9 Å². The highest BCUT2D eigenvalue weighted by Crippen LogP contribution is 2.30. The van der Waals surface area contributed by atoms with Crippen LogP contribution in [-0.4, -0.2) is 55.5 Å². The van der Waals surface area contributed by atoms with Gasteiger partial charge in [-0.3, -0.25) is 4.98 Å². The molecule has 6 nitrogen and oxygen atoms in total. The number of aromatic nitrogens is 2. The van der Waals surface area contributed by atoms with Crippen molar-refractivity contribution in [1.29, 1.82) is 0 Å². The molecule has 1 aliphatic carbocycles. The van der Waals surface area contributed by atoms with Gasteiger partial charge in [0.25, 0.3) is 0 Å². The van der Waals surface area contributed by atoms with E-state index in [1.165, 1.54) is 12.4 Å². The van der Waals surface area contributed by atoms with Gasteiger partial charge in [-0.25, -0.2) is 9.37 Å². The Morgan fingerprint density at radius 1 is 1.03 bits per heavy atom. The van der Waals surface area contributed by atoms with Crippen molar-refractivity contribution >= 4 is 5.69 Å². The Kier molecular flexibility index (Phi) is 9.40. The van der Waals surface area contributed by atoms with E-state index in [2.05, 4.69) is 27.5 Å². The molecular weight excluding hydrogens is 450 g/mol. The normalized spacial score (nSPS) is 22.2. The Labute approximate surface area is 207 Å². The van der Waals surface area contributed by atoms with Crippen LogP contribution in [0, 0.1) is 23.6 Å². The van der Waals surface area contributed by atoms with Crippen molar-refractivity contribution in [3.8, 4) is 11.1 Å². The van der Waals surface area contributed by atoms with Crippen LogP contribution in [0.2, 0.25) is 0 Å². The van der Waals surface area contributed by atoms with E-state index >= 15 is 0 Å². The Balaban J connectivity index is 1.37. The first-order valence-corrected chi connectivity index (χ1v) is 12.9. The zero-order chi connectivity index (χ0) is 24.6. The molecule has 2 N–H and O–H groups in total. The number of nitrogens with one attached hydrogen (secondary N) is 2. The number of hydrogen-bond acceptors (Lipinski definition) is 6. The molecule has 1 atom stereocenters. The van der Waals surface area contributed by atoms with Crippen molar-refractivity contribution in [2.45, 2.75) is 64.0 Å². The number of anilines is 1. The highest BCUT2D eigenvalue weighted by atomic mass is 19.1. The second-order valence-electron chi connectivity index (χ2n) is 10.1. The van der Waals surface area contributed by atoms with E-state index in [1.807, 2.05) is 0 Å². The van der Waals surface area contributed by atoms with Gasteiger partial charge in [0.05, 0.1) is 18.5 Å². The van der Waals surface area contributed by atoms with Gasteiger partial charge in [0.2, 0.25) is 5.95 Å². The second-order valence-corrected chi connectivity index (χ2v) is 10.1. The maximum atomic E-state index is 14.7. The lowest BCUT2D eigenvalue weighted by atomic mass is 9.83. The van der Waals surface area contributed by atoms with Gasteiger partial charge in [-0.1, -0.05) is 0 Å². The van der Waals surface area contributed by atoms with E-state index < -0.39 is 11.8 Å². The van der Waals surface area contributed by atoms with Gasteiger partial charge in [-0.2, -0.15) is 4.39 Å². The van der Waals surface area contributed by atoms with Crippen LogP contribution < -0.4 is 10.6 Å². The Morgan fingerprint density at radius 2 is 1.80 bits per heavy atom. The lowest BCUT2D eigenvalue weighted by Gasteiger charge is -2.31. The lowest BCUT2D eigenvalue weighted by molar-refractivity contribution is 0.0699. The Hall–Kier alpha value is -2.16. The molecule has 192 valence electrons. The van der Waals surface area contributed by atoms with Crippen LogP contribution in [0.15, 0.2) is 24.5 Å². The van der Waals surface area contributed by atoms with E-state index in [9.17, 15) is 8.78 Å². The van der Waals surface area contributed by atoms with Crippen molar-refractivity contribution in [2.24, 2.45) is 11.8 Å². The highest BCUT2D eigenvalue weighted by Gasteiger charge is 2.23. The fraction of sp³-hybridized carbons (Fsp3) is 0.630. The van der Waals surface area contributed by atoms with Crippen LogP contribution in [0.1, 0.15) is 51.1 Å². The third kappa shape index (κ3) is 7.41. The number of rotatable bonds is 10. The molecule has 0 radical (unpaired) electrons. The largest absolute Gasteiger partial charge is 0.383 e. The monoisotopic (exact) mass is 488 g/mol. The summed E-state index contributed by atoms with van der Waals surface area (Å²) in [5, 5.41) is 6.82. The van der Waals surface area contributed by atoms with Crippen LogP contribution in [0.4, 0.5) is 14.5 Å². The summed E-state index contributed by atoms with van der Waals surface area (Å²) in [5.74, 6) is -0.0255.